The van der Waals surface area contributed by atoms with Crippen LogP contribution in [0.25, 0.3) is 5.69 Å². The normalized spacial score (nSPS) is 11.5. The highest BCUT2D eigenvalue weighted by atomic mass is 35.5. The molecule has 2 rings (SSSR count). The van der Waals surface area contributed by atoms with Gasteiger partial charge in [0.05, 0.1) is 28.0 Å². The summed E-state index contributed by atoms with van der Waals surface area (Å²) in [6.45, 7) is 3.33. The lowest BCUT2D eigenvalue weighted by Gasteiger charge is -2.19. The number of para-hydroxylation sites is 1. The van der Waals surface area contributed by atoms with E-state index in [1.54, 1.807) is 30.8 Å². The molecule has 0 fully saturated rings. The smallest absolute Gasteiger partial charge is 0.309 e. The summed E-state index contributed by atoms with van der Waals surface area (Å²) >= 11 is 6.12. The van der Waals surface area contributed by atoms with Crippen LogP contribution in [0.5, 0.6) is 0 Å². The van der Waals surface area contributed by atoms with Crippen LogP contribution in [-0.4, -0.2) is 26.1 Å². The average Bonchev–Trinajstić information content (AvgIpc) is 2.77. The van der Waals surface area contributed by atoms with E-state index in [1.807, 2.05) is 18.2 Å². The fourth-order valence-electron chi connectivity index (χ4n) is 1.73. The Hall–Kier alpha value is -1.88. The van der Waals surface area contributed by atoms with Crippen LogP contribution in [0.4, 0.5) is 0 Å². The van der Waals surface area contributed by atoms with E-state index in [9.17, 15) is 9.90 Å². The number of hydrogen-bond donors (Lipinski definition) is 1. The van der Waals surface area contributed by atoms with E-state index >= 15 is 0 Å². The summed E-state index contributed by atoms with van der Waals surface area (Å²) in [7, 11) is 0. The van der Waals surface area contributed by atoms with Gasteiger partial charge in [0.1, 0.15) is 0 Å². The van der Waals surface area contributed by atoms with Gasteiger partial charge in [-0.1, -0.05) is 28.9 Å². The van der Waals surface area contributed by atoms with Crippen molar-refractivity contribution in [3.63, 3.8) is 0 Å². The Bertz CT molecular complexity index is 607. The van der Waals surface area contributed by atoms with Crippen molar-refractivity contribution in [1.82, 2.24) is 15.0 Å². The zero-order chi connectivity index (χ0) is 14.0. The van der Waals surface area contributed by atoms with E-state index in [0.29, 0.717) is 22.8 Å². The van der Waals surface area contributed by atoms with Gasteiger partial charge in [-0.15, -0.1) is 5.10 Å². The van der Waals surface area contributed by atoms with Gasteiger partial charge in [0.25, 0.3) is 0 Å². The first kappa shape index (κ1) is 13.5. The number of benzene rings is 1. The Balaban J connectivity index is 2.39. The Kier molecular flexibility index (Phi) is 3.57. The molecule has 0 saturated carbocycles. The molecule has 0 unspecified atom stereocenters. The van der Waals surface area contributed by atoms with Gasteiger partial charge < -0.3 is 5.11 Å². The second-order valence-electron chi connectivity index (χ2n) is 4.95. The Morgan fingerprint density at radius 2 is 2.11 bits per heavy atom. The van der Waals surface area contributed by atoms with Crippen molar-refractivity contribution in [3.8, 4) is 5.69 Å². The molecule has 0 radical (unpaired) electrons. The molecule has 1 heterocycles. The number of aromatic nitrogens is 3. The monoisotopic (exact) mass is 279 g/mol. The zero-order valence-electron chi connectivity index (χ0n) is 10.7. The summed E-state index contributed by atoms with van der Waals surface area (Å²) in [4.78, 5) is 11.2. The molecule has 2 aromatic rings. The third kappa shape index (κ3) is 2.76. The molecule has 0 saturated heterocycles. The first-order valence-electron chi connectivity index (χ1n) is 5.80. The molecule has 1 aromatic heterocycles. The van der Waals surface area contributed by atoms with Gasteiger partial charge in [-0.3, -0.25) is 4.79 Å². The van der Waals surface area contributed by atoms with Crippen molar-refractivity contribution in [2.24, 2.45) is 5.41 Å². The predicted octanol–water partition coefficient (Wildman–Crippen LogP) is 2.57. The molecular formula is C13H14ClN3O2. The van der Waals surface area contributed by atoms with Crippen LogP contribution in [0.1, 0.15) is 19.5 Å². The minimum Gasteiger partial charge on any atom is -0.481 e. The van der Waals surface area contributed by atoms with Gasteiger partial charge in [-0.05, 0) is 26.0 Å². The van der Waals surface area contributed by atoms with Crippen LogP contribution in [-0.2, 0) is 11.2 Å². The Labute approximate surface area is 115 Å². The number of nitrogens with zero attached hydrogens (tertiary/aromatic N) is 3. The van der Waals surface area contributed by atoms with Gasteiger partial charge in [-0.2, -0.15) is 0 Å². The molecule has 0 aliphatic rings. The van der Waals surface area contributed by atoms with E-state index < -0.39 is 11.4 Å². The number of carbonyl (C=O) groups is 1. The van der Waals surface area contributed by atoms with E-state index in [2.05, 4.69) is 10.3 Å². The van der Waals surface area contributed by atoms with Crippen LogP contribution in [0, 0.1) is 5.41 Å². The van der Waals surface area contributed by atoms with Crippen molar-refractivity contribution in [2.45, 2.75) is 20.3 Å². The lowest BCUT2D eigenvalue weighted by Crippen LogP contribution is -2.27. The van der Waals surface area contributed by atoms with Gasteiger partial charge in [-0.25, -0.2) is 4.68 Å². The summed E-state index contributed by atoms with van der Waals surface area (Å²) in [5.41, 5.74) is 0.513. The van der Waals surface area contributed by atoms with Crippen LogP contribution in [0.15, 0.2) is 30.5 Å². The number of rotatable bonds is 4. The van der Waals surface area contributed by atoms with Gasteiger partial charge >= 0.3 is 5.97 Å². The van der Waals surface area contributed by atoms with E-state index in [4.69, 9.17) is 11.6 Å². The number of hydrogen-bond acceptors (Lipinski definition) is 3. The van der Waals surface area contributed by atoms with Crippen LogP contribution in [0.2, 0.25) is 5.02 Å². The zero-order valence-corrected chi connectivity index (χ0v) is 11.4. The van der Waals surface area contributed by atoms with Crippen molar-refractivity contribution < 1.29 is 9.90 Å². The maximum absolute atomic E-state index is 11.2. The second-order valence-corrected chi connectivity index (χ2v) is 5.36. The Morgan fingerprint density at radius 1 is 1.42 bits per heavy atom. The minimum absolute atomic E-state index is 0.320. The molecule has 100 valence electrons. The van der Waals surface area contributed by atoms with E-state index in [1.165, 1.54) is 0 Å². The molecule has 1 N–H and O–H groups in total. The number of halogens is 1. The molecule has 6 heteroatoms. The largest absolute Gasteiger partial charge is 0.481 e. The van der Waals surface area contributed by atoms with E-state index in [-0.39, 0.29) is 0 Å². The topological polar surface area (TPSA) is 68.0 Å². The molecule has 1 aromatic carbocycles. The standard InChI is InChI=1S/C13H14ClN3O2/c1-13(2,12(18)19)7-9-8-15-16-17(9)11-6-4-3-5-10(11)14/h3-6,8H,7H2,1-2H3,(H,18,19). The first-order valence-corrected chi connectivity index (χ1v) is 6.17. The van der Waals surface area contributed by atoms with Crippen molar-refractivity contribution in [1.29, 1.82) is 0 Å². The van der Waals surface area contributed by atoms with Gasteiger partial charge in [0.2, 0.25) is 0 Å². The first-order chi connectivity index (χ1) is 8.92. The minimum atomic E-state index is -0.888. The maximum atomic E-state index is 11.2. The van der Waals surface area contributed by atoms with Crippen molar-refractivity contribution in [2.75, 3.05) is 0 Å². The summed E-state index contributed by atoms with van der Waals surface area (Å²) in [6.07, 6.45) is 1.88. The van der Waals surface area contributed by atoms with Crippen molar-refractivity contribution in [3.05, 3.63) is 41.2 Å². The summed E-state index contributed by atoms with van der Waals surface area (Å²) < 4.78 is 1.58. The van der Waals surface area contributed by atoms with Crippen LogP contribution < -0.4 is 0 Å². The SMILES string of the molecule is CC(C)(Cc1cnnn1-c1ccccc1Cl)C(=O)O. The molecular weight excluding hydrogens is 266 g/mol. The molecule has 19 heavy (non-hydrogen) atoms. The van der Waals surface area contributed by atoms with Crippen molar-refractivity contribution >= 4 is 17.6 Å². The van der Waals surface area contributed by atoms with Crippen LogP contribution in [0.3, 0.4) is 0 Å². The lowest BCUT2D eigenvalue weighted by atomic mass is 9.88. The van der Waals surface area contributed by atoms with Gasteiger partial charge in [0.15, 0.2) is 0 Å². The highest BCUT2D eigenvalue weighted by Gasteiger charge is 2.29. The molecule has 0 amide bonds. The summed E-state index contributed by atoms with van der Waals surface area (Å²) in [6, 6.07) is 7.23. The molecule has 0 aliphatic carbocycles. The maximum Gasteiger partial charge on any atom is 0.309 e. The highest BCUT2D eigenvalue weighted by Crippen LogP contribution is 2.25. The molecule has 0 atom stereocenters. The average molecular weight is 280 g/mol. The third-order valence-corrected chi connectivity index (χ3v) is 3.22. The van der Waals surface area contributed by atoms with E-state index in [0.717, 1.165) is 0 Å². The molecule has 0 aliphatic heterocycles. The predicted molar refractivity (Wildman–Crippen MR) is 71.5 cm³/mol. The van der Waals surface area contributed by atoms with Gasteiger partial charge in [0, 0.05) is 6.42 Å². The van der Waals surface area contributed by atoms with Crippen LogP contribution >= 0.6 is 11.6 Å². The molecule has 0 spiro atoms. The number of carboxylic acids is 1. The molecule has 5 nitrogen and oxygen atoms in total. The number of carboxylic acid groups (broad SMARTS) is 1. The Morgan fingerprint density at radius 3 is 2.74 bits per heavy atom. The third-order valence-electron chi connectivity index (χ3n) is 2.90. The fraction of sp³-hybridized carbons (Fsp3) is 0.308. The quantitative estimate of drug-likeness (QED) is 0.934. The highest BCUT2D eigenvalue weighted by molar-refractivity contribution is 6.32. The fourth-order valence-corrected chi connectivity index (χ4v) is 1.95. The molecule has 0 bridgehead atoms. The summed E-state index contributed by atoms with van der Waals surface area (Å²) in [5.74, 6) is -0.862. The second kappa shape index (κ2) is 5.01. The lowest BCUT2D eigenvalue weighted by molar-refractivity contribution is -0.146. The summed E-state index contributed by atoms with van der Waals surface area (Å²) in [5, 5.41) is 17.5. The number of aliphatic carboxylic acids is 1.